The van der Waals surface area contributed by atoms with Crippen LogP contribution in [0.5, 0.6) is 0 Å². The summed E-state index contributed by atoms with van der Waals surface area (Å²) in [5, 5.41) is 3.35. The highest BCUT2D eigenvalue weighted by atomic mass is 16.3. The Labute approximate surface area is 104 Å². The van der Waals surface area contributed by atoms with Gasteiger partial charge >= 0.3 is 0 Å². The Morgan fingerprint density at radius 1 is 1.29 bits per heavy atom. The maximum atomic E-state index is 5.83. The monoisotopic (exact) mass is 236 g/mol. The molecule has 96 valence electrons. The van der Waals surface area contributed by atoms with E-state index in [9.17, 15) is 0 Å². The lowest BCUT2D eigenvalue weighted by atomic mass is 10.1. The van der Waals surface area contributed by atoms with Gasteiger partial charge in [-0.3, -0.25) is 4.90 Å². The lowest BCUT2D eigenvalue weighted by molar-refractivity contribution is 0.204. The number of aryl methyl sites for hydroxylation is 1. The van der Waals surface area contributed by atoms with Gasteiger partial charge in [0.15, 0.2) is 0 Å². The van der Waals surface area contributed by atoms with Crippen molar-refractivity contribution < 1.29 is 4.42 Å². The third kappa shape index (κ3) is 3.58. The van der Waals surface area contributed by atoms with Crippen LogP contribution in [0.2, 0.25) is 0 Å². The van der Waals surface area contributed by atoms with Crippen LogP contribution in [0.3, 0.4) is 0 Å². The molecule has 2 heterocycles. The SMILES string of the molecule is CCNCc1cc(CN2CCCCC2)oc1C. The maximum Gasteiger partial charge on any atom is 0.118 e. The number of nitrogens with zero attached hydrogens (tertiary/aromatic N) is 1. The molecule has 1 aromatic heterocycles. The Hall–Kier alpha value is -0.800. The van der Waals surface area contributed by atoms with E-state index in [0.717, 1.165) is 31.2 Å². The van der Waals surface area contributed by atoms with Crippen molar-refractivity contribution in [2.75, 3.05) is 19.6 Å². The van der Waals surface area contributed by atoms with Crippen molar-refractivity contribution in [3.05, 3.63) is 23.2 Å². The summed E-state index contributed by atoms with van der Waals surface area (Å²) in [6.45, 7) is 9.55. The van der Waals surface area contributed by atoms with Crippen molar-refractivity contribution >= 4 is 0 Å². The van der Waals surface area contributed by atoms with Crippen molar-refractivity contribution in [1.29, 1.82) is 0 Å². The van der Waals surface area contributed by atoms with Gasteiger partial charge in [-0.2, -0.15) is 0 Å². The fourth-order valence-corrected chi connectivity index (χ4v) is 2.44. The van der Waals surface area contributed by atoms with E-state index >= 15 is 0 Å². The Kier molecular flexibility index (Phi) is 4.63. The zero-order chi connectivity index (χ0) is 12.1. The molecule has 17 heavy (non-hydrogen) atoms. The molecule has 0 atom stereocenters. The summed E-state index contributed by atoms with van der Waals surface area (Å²) in [7, 11) is 0. The number of rotatable bonds is 5. The van der Waals surface area contributed by atoms with E-state index in [1.807, 2.05) is 0 Å². The normalized spacial score (nSPS) is 17.5. The average Bonchev–Trinajstić information content (AvgIpc) is 2.68. The van der Waals surface area contributed by atoms with Gasteiger partial charge in [0, 0.05) is 12.1 Å². The van der Waals surface area contributed by atoms with Crippen LogP contribution in [0.1, 0.15) is 43.3 Å². The first kappa shape index (κ1) is 12.7. The van der Waals surface area contributed by atoms with Gasteiger partial charge in [-0.05, 0) is 45.5 Å². The first-order chi connectivity index (χ1) is 8.29. The number of hydrogen-bond donors (Lipinski definition) is 1. The summed E-state index contributed by atoms with van der Waals surface area (Å²) < 4.78 is 5.83. The molecule has 0 aliphatic carbocycles. The second-order valence-corrected chi connectivity index (χ2v) is 4.91. The zero-order valence-electron chi connectivity index (χ0n) is 11.1. The van der Waals surface area contributed by atoms with Crippen LogP contribution in [-0.2, 0) is 13.1 Å². The molecule has 0 radical (unpaired) electrons. The lowest BCUT2D eigenvalue weighted by Gasteiger charge is -2.25. The van der Waals surface area contributed by atoms with Crippen LogP contribution in [0, 0.1) is 6.92 Å². The number of hydrogen-bond acceptors (Lipinski definition) is 3. The molecule has 0 amide bonds. The van der Waals surface area contributed by atoms with E-state index in [2.05, 4.69) is 30.1 Å². The molecule has 1 aromatic rings. The van der Waals surface area contributed by atoms with Crippen LogP contribution in [-0.4, -0.2) is 24.5 Å². The second-order valence-electron chi connectivity index (χ2n) is 4.91. The third-order valence-corrected chi connectivity index (χ3v) is 3.47. The third-order valence-electron chi connectivity index (χ3n) is 3.47. The average molecular weight is 236 g/mol. The van der Waals surface area contributed by atoms with Crippen LogP contribution in [0.25, 0.3) is 0 Å². The molecule has 0 spiro atoms. The highest BCUT2D eigenvalue weighted by molar-refractivity contribution is 5.20. The van der Waals surface area contributed by atoms with E-state index in [-0.39, 0.29) is 0 Å². The molecular formula is C14H24N2O. The summed E-state index contributed by atoms with van der Waals surface area (Å²) in [5.74, 6) is 2.19. The van der Waals surface area contributed by atoms with E-state index in [0.29, 0.717) is 0 Å². The standard InChI is InChI=1S/C14H24N2O/c1-3-15-10-13-9-14(17-12(13)2)11-16-7-5-4-6-8-16/h9,15H,3-8,10-11H2,1-2H3. The molecule has 0 saturated carbocycles. The minimum Gasteiger partial charge on any atom is -0.465 e. The fraction of sp³-hybridized carbons (Fsp3) is 0.714. The lowest BCUT2D eigenvalue weighted by Crippen LogP contribution is -2.28. The molecular weight excluding hydrogens is 212 g/mol. The number of furan rings is 1. The van der Waals surface area contributed by atoms with Crippen LogP contribution < -0.4 is 5.32 Å². The quantitative estimate of drug-likeness (QED) is 0.852. The topological polar surface area (TPSA) is 28.4 Å². The zero-order valence-corrected chi connectivity index (χ0v) is 11.1. The van der Waals surface area contributed by atoms with Crippen LogP contribution in [0.4, 0.5) is 0 Å². The van der Waals surface area contributed by atoms with Crippen molar-refractivity contribution in [3.63, 3.8) is 0 Å². The van der Waals surface area contributed by atoms with Gasteiger partial charge in [0.1, 0.15) is 11.5 Å². The fourth-order valence-electron chi connectivity index (χ4n) is 2.44. The Bertz CT molecular complexity index is 340. The van der Waals surface area contributed by atoms with Gasteiger partial charge in [-0.25, -0.2) is 0 Å². The minimum absolute atomic E-state index is 0.922. The van der Waals surface area contributed by atoms with Gasteiger partial charge in [0.05, 0.1) is 6.54 Å². The first-order valence-corrected chi connectivity index (χ1v) is 6.81. The highest BCUT2D eigenvalue weighted by Crippen LogP contribution is 2.18. The van der Waals surface area contributed by atoms with Crippen LogP contribution >= 0.6 is 0 Å². The maximum absolute atomic E-state index is 5.83. The van der Waals surface area contributed by atoms with E-state index in [1.165, 1.54) is 37.9 Å². The molecule has 0 bridgehead atoms. The van der Waals surface area contributed by atoms with E-state index < -0.39 is 0 Å². The van der Waals surface area contributed by atoms with E-state index in [1.54, 1.807) is 0 Å². The summed E-state index contributed by atoms with van der Waals surface area (Å²) in [5.41, 5.74) is 1.30. The minimum atomic E-state index is 0.922. The smallest absolute Gasteiger partial charge is 0.118 e. The first-order valence-electron chi connectivity index (χ1n) is 6.81. The molecule has 1 saturated heterocycles. The number of likely N-dealkylation sites (tertiary alicyclic amines) is 1. The summed E-state index contributed by atoms with van der Waals surface area (Å²) in [6.07, 6.45) is 4.06. The number of piperidine rings is 1. The van der Waals surface area contributed by atoms with Gasteiger partial charge < -0.3 is 9.73 Å². The molecule has 1 N–H and O–H groups in total. The van der Waals surface area contributed by atoms with Crippen molar-refractivity contribution in [3.8, 4) is 0 Å². The van der Waals surface area contributed by atoms with Gasteiger partial charge in [0.25, 0.3) is 0 Å². The Morgan fingerprint density at radius 3 is 2.76 bits per heavy atom. The largest absolute Gasteiger partial charge is 0.465 e. The summed E-state index contributed by atoms with van der Waals surface area (Å²) in [6, 6.07) is 2.21. The van der Waals surface area contributed by atoms with Gasteiger partial charge in [0.2, 0.25) is 0 Å². The molecule has 0 unspecified atom stereocenters. The number of nitrogens with one attached hydrogen (secondary N) is 1. The molecule has 1 aliphatic rings. The van der Waals surface area contributed by atoms with Crippen molar-refractivity contribution in [1.82, 2.24) is 10.2 Å². The van der Waals surface area contributed by atoms with E-state index in [4.69, 9.17) is 4.42 Å². The Morgan fingerprint density at radius 2 is 2.06 bits per heavy atom. The Balaban J connectivity index is 1.91. The van der Waals surface area contributed by atoms with Crippen molar-refractivity contribution in [2.45, 2.75) is 46.2 Å². The highest BCUT2D eigenvalue weighted by Gasteiger charge is 2.13. The predicted octanol–water partition coefficient (Wildman–Crippen LogP) is 2.68. The summed E-state index contributed by atoms with van der Waals surface area (Å²) >= 11 is 0. The van der Waals surface area contributed by atoms with Gasteiger partial charge in [-0.1, -0.05) is 13.3 Å². The molecule has 2 rings (SSSR count). The molecule has 1 aliphatic heterocycles. The van der Waals surface area contributed by atoms with Crippen molar-refractivity contribution in [2.24, 2.45) is 0 Å². The molecule has 3 nitrogen and oxygen atoms in total. The van der Waals surface area contributed by atoms with Crippen LogP contribution in [0.15, 0.2) is 10.5 Å². The molecule has 3 heteroatoms. The summed E-state index contributed by atoms with van der Waals surface area (Å²) in [4.78, 5) is 2.50. The predicted molar refractivity (Wildman–Crippen MR) is 70.0 cm³/mol. The molecule has 0 aromatic carbocycles. The second kappa shape index (κ2) is 6.22. The molecule has 1 fully saturated rings. The van der Waals surface area contributed by atoms with Gasteiger partial charge in [-0.15, -0.1) is 0 Å².